The summed E-state index contributed by atoms with van der Waals surface area (Å²) in [6.45, 7) is 0. The lowest BCUT2D eigenvalue weighted by molar-refractivity contribution is 1.28. The monoisotopic (exact) mass is 711 g/mol. The highest BCUT2D eigenvalue weighted by Crippen LogP contribution is 2.52. The van der Waals surface area contributed by atoms with Crippen LogP contribution in [0.1, 0.15) is 16.0 Å². The lowest BCUT2D eigenvalue weighted by atomic mass is 9.89. The van der Waals surface area contributed by atoms with Crippen LogP contribution < -0.4 is 4.90 Å². The van der Waals surface area contributed by atoms with E-state index in [4.69, 9.17) is 4.99 Å². The number of nitrogens with one attached hydrogen (secondary N) is 1. The third kappa shape index (κ3) is 4.65. The Labute approximate surface area is 313 Å². The van der Waals surface area contributed by atoms with Gasteiger partial charge in [0.1, 0.15) is 0 Å². The Morgan fingerprint density at radius 3 is 2.04 bits per heavy atom. The van der Waals surface area contributed by atoms with Gasteiger partial charge in [0.25, 0.3) is 0 Å². The molecule has 0 aliphatic carbocycles. The zero-order valence-electron chi connectivity index (χ0n) is 28.4. The van der Waals surface area contributed by atoms with Crippen LogP contribution in [-0.4, -0.2) is 11.9 Å². The van der Waals surface area contributed by atoms with E-state index < -0.39 is 0 Å². The predicted molar refractivity (Wildman–Crippen MR) is 229 cm³/mol. The molecule has 0 bridgehead atoms. The van der Waals surface area contributed by atoms with Crippen molar-refractivity contribution in [1.29, 1.82) is 5.41 Å². The van der Waals surface area contributed by atoms with E-state index in [0.29, 0.717) is 5.71 Å². The number of para-hydroxylation sites is 1. The maximum absolute atomic E-state index is 9.70. The second-order valence-corrected chi connectivity index (χ2v) is 15.6. The fourth-order valence-electron chi connectivity index (χ4n) is 8.08. The van der Waals surface area contributed by atoms with Crippen molar-refractivity contribution >= 4 is 109 Å². The predicted octanol–water partition coefficient (Wildman–Crippen LogP) is 14.2. The zero-order chi connectivity index (χ0) is 35.0. The van der Waals surface area contributed by atoms with Crippen LogP contribution in [0.5, 0.6) is 0 Å². The molecule has 0 spiro atoms. The lowest BCUT2D eigenvalue weighted by Crippen LogP contribution is -2.16. The molecule has 248 valence electrons. The highest BCUT2D eigenvalue weighted by Gasteiger charge is 2.28. The van der Waals surface area contributed by atoms with Gasteiger partial charge in [-0.1, -0.05) is 127 Å². The molecule has 10 aromatic rings. The van der Waals surface area contributed by atoms with Crippen molar-refractivity contribution in [3.63, 3.8) is 0 Å². The fourth-order valence-corrected chi connectivity index (χ4v) is 10.4. The maximum atomic E-state index is 9.70. The number of benzene rings is 8. The van der Waals surface area contributed by atoms with Crippen LogP contribution >= 0.6 is 22.7 Å². The van der Waals surface area contributed by atoms with Crippen LogP contribution in [0.4, 0.5) is 22.7 Å². The van der Waals surface area contributed by atoms with Crippen molar-refractivity contribution in [2.75, 3.05) is 4.90 Å². The molecule has 1 aliphatic heterocycles. The van der Waals surface area contributed by atoms with E-state index in [0.717, 1.165) is 53.5 Å². The smallest absolute Gasteiger partial charge is 0.0910 e. The molecule has 5 heteroatoms. The molecule has 0 amide bonds. The largest absolute Gasteiger partial charge is 0.309 e. The minimum absolute atomic E-state index is 0.504. The van der Waals surface area contributed by atoms with Crippen LogP contribution in [0.2, 0.25) is 0 Å². The van der Waals surface area contributed by atoms with Gasteiger partial charge < -0.3 is 4.90 Å². The van der Waals surface area contributed by atoms with Crippen molar-refractivity contribution < 1.29 is 0 Å². The summed E-state index contributed by atoms with van der Waals surface area (Å²) in [5.74, 6) is 0. The molecule has 0 saturated carbocycles. The van der Waals surface area contributed by atoms with E-state index in [1.165, 1.54) is 48.1 Å². The molecule has 53 heavy (non-hydrogen) atoms. The van der Waals surface area contributed by atoms with Gasteiger partial charge in [0.2, 0.25) is 0 Å². The third-order valence-corrected chi connectivity index (χ3v) is 12.9. The molecular weight excluding hydrogens is 683 g/mol. The molecule has 3 heterocycles. The topological polar surface area (TPSA) is 39.5 Å². The average molecular weight is 712 g/mol. The highest BCUT2D eigenvalue weighted by molar-refractivity contribution is 7.26. The summed E-state index contributed by atoms with van der Waals surface area (Å²) in [7, 11) is 0. The van der Waals surface area contributed by atoms with Gasteiger partial charge in [-0.05, 0) is 58.1 Å². The Hall–Kier alpha value is -6.40. The van der Waals surface area contributed by atoms with Gasteiger partial charge in [-0.3, -0.25) is 10.4 Å². The van der Waals surface area contributed by atoms with E-state index in [2.05, 4.69) is 169 Å². The molecule has 3 nitrogen and oxygen atoms in total. The zero-order valence-corrected chi connectivity index (χ0v) is 30.0. The van der Waals surface area contributed by atoms with Crippen LogP contribution in [0.15, 0.2) is 169 Å². The van der Waals surface area contributed by atoms with Gasteiger partial charge in [-0.25, -0.2) is 0 Å². The van der Waals surface area contributed by atoms with Gasteiger partial charge >= 0.3 is 0 Å². The summed E-state index contributed by atoms with van der Waals surface area (Å²) in [6, 6.07) is 58.3. The number of fused-ring (bicyclic) bond motifs is 7. The first-order valence-corrected chi connectivity index (χ1v) is 19.3. The molecule has 0 radical (unpaired) electrons. The van der Waals surface area contributed by atoms with E-state index in [1.54, 1.807) is 22.7 Å². The average Bonchev–Trinajstić information content (AvgIpc) is 3.78. The van der Waals surface area contributed by atoms with Crippen molar-refractivity contribution in [2.45, 2.75) is 0 Å². The molecule has 0 fully saturated rings. The minimum Gasteiger partial charge on any atom is -0.309 e. The maximum Gasteiger partial charge on any atom is 0.0910 e. The number of hydrogen-bond donors (Lipinski definition) is 1. The number of anilines is 3. The quantitative estimate of drug-likeness (QED) is 0.177. The van der Waals surface area contributed by atoms with E-state index in [1.807, 2.05) is 6.21 Å². The second kappa shape index (κ2) is 11.8. The minimum atomic E-state index is 0.504. The standard InChI is InChI=1S/C48H29N3S2/c49-45(37-21-11-20-35-33-17-4-7-24-42(33)52-47(35)37)48-46(36-18-5-8-25-43(36)53-48)50-28-32-14-3-6-22-39(32)51-40-23-10-16-29-15-9-19-34(44(29)40)38-26-30-12-1-2-13-31(30)27-41(38)51/h1-28,49H/b49-45?,50-28+. The Morgan fingerprint density at radius 2 is 1.17 bits per heavy atom. The second-order valence-electron chi connectivity index (χ2n) is 13.5. The SMILES string of the molecule is N=C(c1sc2ccccc2c1/N=C/c1ccccc1N1c2cc3ccccc3cc2-c2cccc3cccc1c23)c1cccc2c1sc1ccccc12. The number of thiophene rings is 2. The van der Waals surface area contributed by atoms with Gasteiger partial charge in [-0.15, -0.1) is 22.7 Å². The summed E-state index contributed by atoms with van der Waals surface area (Å²) < 4.78 is 3.50. The summed E-state index contributed by atoms with van der Waals surface area (Å²) in [6.07, 6.45) is 2.00. The molecule has 8 aromatic carbocycles. The van der Waals surface area contributed by atoms with Crippen molar-refractivity contribution in [1.82, 2.24) is 0 Å². The molecule has 1 aliphatic rings. The summed E-state index contributed by atoms with van der Waals surface area (Å²) in [4.78, 5) is 8.60. The number of hydrogen-bond acceptors (Lipinski definition) is 5. The van der Waals surface area contributed by atoms with Crippen LogP contribution in [0.3, 0.4) is 0 Å². The number of rotatable bonds is 5. The van der Waals surface area contributed by atoms with Gasteiger partial charge in [0.15, 0.2) is 0 Å². The Kier molecular flexibility index (Phi) is 6.75. The first-order valence-electron chi connectivity index (χ1n) is 17.7. The Morgan fingerprint density at radius 1 is 0.528 bits per heavy atom. The summed E-state index contributed by atoms with van der Waals surface area (Å²) in [5, 5.41) is 18.1. The van der Waals surface area contributed by atoms with Crippen molar-refractivity contribution in [2.24, 2.45) is 4.99 Å². The van der Waals surface area contributed by atoms with Gasteiger partial charge in [0.05, 0.1) is 33.3 Å². The van der Waals surface area contributed by atoms with E-state index >= 15 is 0 Å². The van der Waals surface area contributed by atoms with Crippen molar-refractivity contribution in [3.05, 3.63) is 180 Å². The van der Waals surface area contributed by atoms with Crippen molar-refractivity contribution in [3.8, 4) is 11.1 Å². The molecule has 1 N–H and O–H groups in total. The third-order valence-electron chi connectivity index (χ3n) is 10.5. The molecule has 2 aromatic heterocycles. The first-order chi connectivity index (χ1) is 26.2. The molecule has 11 rings (SSSR count). The van der Waals surface area contributed by atoms with E-state index in [9.17, 15) is 5.41 Å². The molecule has 0 saturated heterocycles. The normalized spacial score (nSPS) is 12.5. The van der Waals surface area contributed by atoms with Crippen LogP contribution in [0.25, 0.3) is 62.9 Å². The van der Waals surface area contributed by atoms with Gasteiger partial charge in [0, 0.05) is 58.5 Å². The van der Waals surface area contributed by atoms with Crippen LogP contribution in [-0.2, 0) is 0 Å². The van der Waals surface area contributed by atoms with Crippen LogP contribution in [0, 0.1) is 5.41 Å². The number of aliphatic imine (C=N–C) groups is 1. The Bertz CT molecular complexity index is 3160. The van der Waals surface area contributed by atoms with E-state index in [-0.39, 0.29) is 0 Å². The lowest BCUT2D eigenvalue weighted by Gasteiger charge is -2.34. The molecule has 0 atom stereocenters. The number of nitrogens with zero attached hydrogens (tertiary/aromatic N) is 2. The highest BCUT2D eigenvalue weighted by atomic mass is 32.1. The summed E-state index contributed by atoms with van der Waals surface area (Å²) in [5.41, 5.74) is 9.11. The molecule has 0 unspecified atom stereocenters. The molecular formula is C48H29N3S2. The Balaban J connectivity index is 1.09. The van der Waals surface area contributed by atoms with Gasteiger partial charge in [-0.2, -0.15) is 0 Å². The fraction of sp³-hybridized carbons (Fsp3) is 0. The first kappa shape index (κ1) is 30.2. The summed E-state index contributed by atoms with van der Waals surface area (Å²) >= 11 is 3.41.